The zero-order chi connectivity index (χ0) is 22.1. The van der Waals surface area contributed by atoms with Gasteiger partial charge in [0.15, 0.2) is 0 Å². The van der Waals surface area contributed by atoms with Crippen molar-refractivity contribution in [3.05, 3.63) is 95.7 Å². The number of rotatable bonds is 4. The summed E-state index contributed by atoms with van der Waals surface area (Å²) in [4.78, 5) is 18.1. The molecule has 5 rings (SSSR count). The summed E-state index contributed by atoms with van der Waals surface area (Å²) < 4.78 is 1.11. The number of aryl methyl sites for hydroxylation is 1. The van der Waals surface area contributed by atoms with E-state index in [9.17, 15) is 5.21 Å². The number of nitrogens with zero attached hydrogens (tertiary/aromatic N) is 6. The van der Waals surface area contributed by atoms with E-state index in [1.54, 1.807) is 24.5 Å². The Bertz CT molecular complexity index is 1480. The van der Waals surface area contributed by atoms with Gasteiger partial charge in [0.1, 0.15) is 17.2 Å². The highest BCUT2D eigenvalue weighted by Gasteiger charge is 2.21. The van der Waals surface area contributed by atoms with E-state index in [1.807, 2.05) is 55.5 Å². The van der Waals surface area contributed by atoms with Crippen molar-refractivity contribution in [2.75, 3.05) is 0 Å². The van der Waals surface area contributed by atoms with E-state index >= 15 is 0 Å². The highest BCUT2D eigenvalue weighted by atomic mass is 16.5. The molecule has 7 heteroatoms. The molecule has 0 atom stereocenters. The van der Waals surface area contributed by atoms with Crippen molar-refractivity contribution in [3.63, 3.8) is 0 Å². The minimum Gasteiger partial charge on any atom is -0.427 e. The molecule has 3 aromatic heterocycles. The van der Waals surface area contributed by atoms with E-state index in [4.69, 9.17) is 10.2 Å². The summed E-state index contributed by atoms with van der Waals surface area (Å²) >= 11 is 0. The van der Waals surface area contributed by atoms with Gasteiger partial charge in [0, 0.05) is 30.1 Å². The second kappa shape index (κ2) is 7.93. The highest BCUT2D eigenvalue weighted by Crippen LogP contribution is 2.33. The second-order valence-corrected chi connectivity index (χ2v) is 7.45. The third-order valence-electron chi connectivity index (χ3n) is 5.24. The lowest BCUT2D eigenvalue weighted by Crippen LogP contribution is -2.03. The van der Waals surface area contributed by atoms with Gasteiger partial charge in [-0.1, -0.05) is 24.3 Å². The summed E-state index contributed by atoms with van der Waals surface area (Å²) in [6, 6.07) is 20.7. The summed E-state index contributed by atoms with van der Waals surface area (Å²) in [7, 11) is 0. The summed E-state index contributed by atoms with van der Waals surface area (Å²) in [6.45, 7) is 1.91. The number of imidazole rings is 1. The first-order valence-electron chi connectivity index (χ1n) is 10.1. The Hall–Kier alpha value is -4.57. The van der Waals surface area contributed by atoms with Crippen molar-refractivity contribution in [1.29, 1.82) is 5.26 Å². The van der Waals surface area contributed by atoms with Gasteiger partial charge in [-0.2, -0.15) is 9.99 Å². The molecular weight excluding hydrogens is 400 g/mol. The molecule has 0 radical (unpaired) electrons. The molecule has 0 saturated carbocycles. The maximum Gasteiger partial charge on any atom is 0.150 e. The molecule has 0 spiro atoms. The van der Waals surface area contributed by atoms with Gasteiger partial charge in [0.2, 0.25) is 0 Å². The van der Waals surface area contributed by atoms with Gasteiger partial charge in [0.25, 0.3) is 0 Å². The minimum atomic E-state index is 0.397. The molecule has 32 heavy (non-hydrogen) atoms. The zero-order valence-corrected chi connectivity index (χ0v) is 17.3. The molecule has 0 amide bonds. The second-order valence-electron chi connectivity index (χ2n) is 7.45. The van der Waals surface area contributed by atoms with Crippen LogP contribution in [0.25, 0.3) is 33.7 Å². The largest absolute Gasteiger partial charge is 0.427 e. The molecule has 0 aliphatic rings. The maximum atomic E-state index is 11.1. The topological polar surface area (TPSA) is 101 Å². The molecule has 0 saturated heterocycles. The first kappa shape index (κ1) is 19.4. The van der Waals surface area contributed by atoms with Crippen LogP contribution >= 0.6 is 0 Å². The quantitative estimate of drug-likeness (QED) is 0.429. The molecule has 1 N–H and O–H groups in total. The van der Waals surface area contributed by atoms with Gasteiger partial charge >= 0.3 is 0 Å². The van der Waals surface area contributed by atoms with E-state index < -0.39 is 0 Å². The number of pyridine rings is 1. The molecule has 0 aliphatic carbocycles. The number of aromatic nitrogens is 5. The van der Waals surface area contributed by atoms with Crippen molar-refractivity contribution in [2.45, 2.75) is 13.3 Å². The molecule has 3 heterocycles. The number of fused-ring (bicyclic) bond motifs is 1. The van der Waals surface area contributed by atoms with Gasteiger partial charge < -0.3 is 5.21 Å². The standard InChI is InChI=1S/C25H18N6O/c1-16-3-2-4-21(29-16)25-24(19-9-10-20-22(14-19)28-12-11-27-20)30-23(31(25)32)13-17-5-7-18(15-26)8-6-17/h2-12,14,32H,13H2,1H3. The molecule has 7 nitrogen and oxygen atoms in total. The average molecular weight is 418 g/mol. The number of hydrogen-bond acceptors (Lipinski definition) is 6. The first-order chi connectivity index (χ1) is 15.6. The smallest absolute Gasteiger partial charge is 0.150 e. The average Bonchev–Trinajstić information content (AvgIpc) is 3.15. The lowest BCUT2D eigenvalue weighted by Gasteiger charge is -2.07. The lowest BCUT2D eigenvalue weighted by molar-refractivity contribution is 0.181. The molecular formula is C25H18N6O. The minimum absolute atomic E-state index is 0.397. The van der Waals surface area contributed by atoms with Crippen molar-refractivity contribution in [1.82, 2.24) is 24.7 Å². The van der Waals surface area contributed by atoms with Gasteiger partial charge in [-0.15, -0.1) is 0 Å². The molecule has 0 bridgehead atoms. The van der Waals surface area contributed by atoms with Crippen molar-refractivity contribution in [2.24, 2.45) is 0 Å². The van der Waals surface area contributed by atoms with Crippen LogP contribution in [0.1, 0.15) is 22.6 Å². The van der Waals surface area contributed by atoms with E-state index in [1.165, 1.54) is 0 Å². The fraction of sp³-hybridized carbons (Fsp3) is 0.0800. The molecule has 154 valence electrons. The molecule has 0 aliphatic heterocycles. The van der Waals surface area contributed by atoms with E-state index in [2.05, 4.69) is 21.0 Å². The van der Waals surface area contributed by atoms with Crippen LogP contribution in [-0.4, -0.2) is 29.9 Å². The van der Waals surface area contributed by atoms with Crippen LogP contribution in [0, 0.1) is 18.3 Å². The van der Waals surface area contributed by atoms with Crippen LogP contribution in [0.3, 0.4) is 0 Å². The summed E-state index contributed by atoms with van der Waals surface area (Å²) in [5, 5.41) is 20.2. The third kappa shape index (κ3) is 3.55. The number of hydrogen-bond donors (Lipinski definition) is 1. The summed E-state index contributed by atoms with van der Waals surface area (Å²) in [5.41, 5.74) is 6.45. The molecule has 5 aromatic rings. The normalized spacial score (nSPS) is 10.9. The zero-order valence-electron chi connectivity index (χ0n) is 17.3. The summed E-state index contributed by atoms with van der Waals surface area (Å²) in [5.74, 6) is 0.474. The Morgan fingerprint density at radius 2 is 1.72 bits per heavy atom. The molecule has 2 aromatic carbocycles. The highest BCUT2D eigenvalue weighted by molar-refractivity contribution is 5.84. The lowest BCUT2D eigenvalue weighted by atomic mass is 10.1. The SMILES string of the molecule is Cc1cccc(-c2c(-c3ccc4nccnc4c3)nc(Cc3ccc(C#N)cc3)n2O)n1. The van der Waals surface area contributed by atoms with Crippen LogP contribution < -0.4 is 0 Å². The van der Waals surface area contributed by atoms with Crippen LogP contribution in [-0.2, 0) is 6.42 Å². The first-order valence-corrected chi connectivity index (χ1v) is 10.1. The van der Waals surface area contributed by atoms with Crippen LogP contribution in [0.4, 0.5) is 0 Å². The van der Waals surface area contributed by atoms with Gasteiger partial charge in [-0.25, -0.2) is 4.98 Å². The summed E-state index contributed by atoms with van der Waals surface area (Å²) in [6.07, 6.45) is 3.70. The fourth-order valence-electron chi connectivity index (χ4n) is 3.67. The van der Waals surface area contributed by atoms with Gasteiger partial charge in [-0.3, -0.25) is 15.0 Å². The Labute approximate surface area is 184 Å². The Kier molecular flexibility index (Phi) is 4.81. The number of benzene rings is 2. The maximum absolute atomic E-state index is 11.1. The van der Waals surface area contributed by atoms with E-state index in [-0.39, 0.29) is 0 Å². The van der Waals surface area contributed by atoms with Gasteiger partial charge in [-0.05, 0) is 48.9 Å². The van der Waals surface area contributed by atoms with Crippen molar-refractivity contribution >= 4 is 11.0 Å². The third-order valence-corrected chi connectivity index (χ3v) is 5.24. The Balaban J connectivity index is 1.66. The Morgan fingerprint density at radius 3 is 2.47 bits per heavy atom. The monoisotopic (exact) mass is 418 g/mol. The van der Waals surface area contributed by atoms with Crippen molar-refractivity contribution in [3.8, 4) is 28.7 Å². The predicted octanol–water partition coefficient (Wildman–Crippen LogP) is 4.56. The molecule has 0 unspecified atom stereocenters. The van der Waals surface area contributed by atoms with Crippen molar-refractivity contribution < 1.29 is 5.21 Å². The van der Waals surface area contributed by atoms with E-state index in [0.717, 1.165) is 32.6 Å². The molecule has 0 fully saturated rings. The van der Waals surface area contributed by atoms with E-state index in [0.29, 0.717) is 34.9 Å². The fourth-order valence-corrected chi connectivity index (χ4v) is 3.67. The van der Waals surface area contributed by atoms with Crippen LogP contribution in [0.2, 0.25) is 0 Å². The van der Waals surface area contributed by atoms with Crippen LogP contribution in [0.15, 0.2) is 73.1 Å². The Morgan fingerprint density at radius 1 is 0.938 bits per heavy atom. The number of nitriles is 1. The predicted molar refractivity (Wildman–Crippen MR) is 120 cm³/mol. The van der Waals surface area contributed by atoms with Gasteiger partial charge in [0.05, 0.1) is 28.4 Å². The van der Waals surface area contributed by atoms with Crippen LogP contribution in [0.5, 0.6) is 0 Å².